The predicted molar refractivity (Wildman–Crippen MR) is 108 cm³/mol. The highest BCUT2D eigenvalue weighted by atomic mass is 31.1. The van der Waals surface area contributed by atoms with E-state index >= 15 is 0 Å². The van der Waals surface area contributed by atoms with Crippen LogP contribution < -0.4 is 0 Å². The van der Waals surface area contributed by atoms with Crippen LogP contribution in [-0.4, -0.2) is 36.2 Å². The molecule has 0 aromatic heterocycles. The molecule has 1 aliphatic heterocycles. The van der Waals surface area contributed by atoms with Gasteiger partial charge >= 0.3 is 0 Å². The van der Waals surface area contributed by atoms with Crippen molar-refractivity contribution in [2.45, 2.75) is 53.4 Å². The van der Waals surface area contributed by atoms with Crippen LogP contribution >= 0.6 is 17.4 Å². The number of nitrogens with zero attached hydrogens (tertiary/aromatic N) is 1. The van der Waals surface area contributed by atoms with Gasteiger partial charge in [0.1, 0.15) is 0 Å². The molecule has 1 heterocycles. The monoisotopic (exact) mass is 339 g/mol. The van der Waals surface area contributed by atoms with Crippen LogP contribution in [0.1, 0.15) is 53.4 Å². The fourth-order valence-corrected chi connectivity index (χ4v) is 4.34. The highest BCUT2D eigenvalue weighted by Gasteiger charge is 2.15. The Bertz CT molecular complexity index is 413. The summed E-state index contributed by atoms with van der Waals surface area (Å²) < 4.78 is 0. The van der Waals surface area contributed by atoms with Crippen molar-refractivity contribution in [2.75, 3.05) is 26.3 Å². The third-order valence-corrected chi connectivity index (χ3v) is 6.83. The number of rotatable bonds is 7. The highest BCUT2D eigenvalue weighted by molar-refractivity contribution is 7.64. The van der Waals surface area contributed by atoms with Gasteiger partial charge in [-0.2, -0.15) is 0 Å². The van der Waals surface area contributed by atoms with Gasteiger partial charge in [0.05, 0.1) is 0 Å². The Balaban J connectivity index is 2.44. The second-order valence-electron chi connectivity index (χ2n) is 6.91. The Morgan fingerprint density at radius 2 is 1.95 bits per heavy atom. The summed E-state index contributed by atoms with van der Waals surface area (Å²) in [5.74, 6) is 1.60. The van der Waals surface area contributed by atoms with E-state index in [9.17, 15) is 0 Å². The van der Waals surface area contributed by atoms with Gasteiger partial charge < -0.3 is 4.90 Å². The summed E-state index contributed by atoms with van der Waals surface area (Å²) in [7, 11) is 6.67. The second-order valence-corrected chi connectivity index (χ2v) is 9.22. The average molecular weight is 339 g/mol. The third-order valence-electron chi connectivity index (χ3n) is 4.87. The standard InChI is InChI=1S/C19H35NP2/c1-6-18(16(4)15(2)3)8-7-9-19(21)22-14-17-10-12-20(5)13-11-17/h7,9,15,17H,6,8,10-14,21H2,1-5H3/b9-7+,18-16+. The van der Waals surface area contributed by atoms with E-state index in [-0.39, 0.29) is 0 Å². The van der Waals surface area contributed by atoms with E-state index in [1.54, 1.807) is 11.1 Å². The van der Waals surface area contributed by atoms with Crippen molar-refractivity contribution >= 4 is 22.5 Å². The molecule has 1 fully saturated rings. The molecule has 126 valence electrons. The van der Waals surface area contributed by atoms with Gasteiger partial charge in [-0.3, -0.25) is 0 Å². The van der Waals surface area contributed by atoms with Gasteiger partial charge in [-0.05, 0) is 75.8 Å². The molecular formula is C19H35NP2. The molecule has 0 radical (unpaired) electrons. The van der Waals surface area contributed by atoms with Crippen LogP contribution in [0.4, 0.5) is 0 Å². The zero-order valence-electron chi connectivity index (χ0n) is 15.2. The molecule has 1 nitrogen and oxygen atoms in total. The van der Waals surface area contributed by atoms with Gasteiger partial charge in [0.2, 0.25) is 0 Å². The molecule has 0 saturated carbocycles. The fourth-order valence-electron chi connectivity index (χ4n) is 2.85. The Labute approximate surface area is 142 Å². The Morgan fingerprint density at radius 1 is 1.32 bits per heavy atom. The van der Waals surface area contributed by atoms with Crippen LogP contribution in [0.2, 0.25) is 0 Å². The summed E-state index contributed by atoms with van der Waals surface area (Å²) >= 11 is 0. The average Bonchev–Trinajstić information content (AvgIpc) is 2.50. The zero-order chi connectivity index (χ0) is 16.5. The van der Waals surface area contributed by atoms with E-state index in [1.165, 1.54) is 51.8 Å². The number of piperidine rings is 1. The first-order valence-electron chi connectivity index (χ1n) is 8.77. The van der Waals surface area contributed by atoms with E-state index in [4.69, 9.17) is 0 Å². The smallest absolute Gasteiger partial charge is 0.00189 e. The normalized spacial score (nSPS) is 20.0. The van der Waals surface area contributed by atoms with Gasteiger partial charge in [-0.15, -0.1) is 9.24 Å². The molecule has 0 spiro atoms. The van der Waals surface area contributed by atoms with Crippen molar-refractivity contribution in [3.05, 3.63) is 23.3 Å². The van der Waals surface area contributed by atoms with Crippen LogP contribution in [-0.2, 0) is 0 Å². The van der Waals surface area contributed by atoms with Crippen molar-refractivity contribution in [2.24, 2.45) is 11.8 Å². The first kappa shape index (κ1) is 20.1. The van der Waals surface area contributed by atoms with E-state index in [0.717, 1.165) is 12.3 Å². The molecular weight excluding hydrogens is 304 g/mol. The molecule has 0 N–H and O–H groups in total. The molecule has 1 unspecified atom stereocenters. The zero-order valence-corrected chi connectivity index (χ0v) is 17.3. The van der Waals surface area contributed by atoms with Crippen molar-refractivity contribution < 1.29 is 0 Å². The minimum absolute atomic E-state index is 0.672. The molecule has 1 saturated heterocycles. The molecule has 0 amide bonds. The highest BCUT2D eigenvalue weighted by Crippen LogP contribution is 2.23. The molecule has 3 heteroatoms. The van der Waals surface area contributed by atoms with E-state index in [1.807, 2.05) is 0 Å². The number of hydrogen-bond donors (Lipinski definition) is 0. The molecule has 1 aliphatic rings. The molecule has 0 aromatic rings. The number of hydrogen-bond acceptors (Lipinski definition) is 1. The molecule has 22 heavy (non-hydrogen) atoms. The lowest BCUT2D eigenvalue weighted by molar-refractivity contribution is 0.232. The third kappa shape index (κ3) is 7.54. The molecule has 0 aliphatic carbocycles. The lowest BCUT2D eigenvalue weighted by Gasteiger charge is -2.28. The predicted octanol–water partition coefficient (Wildman–Crippen LogP) is 5.61. The topological polar surface area (TPSA) is 3.24 Å². The van der Waals surface area contributed by atoms with Gasteiger partial charge in [0, 0.05) is 0 Å². The largest absolute Gasteiger partial charge is 0.306 e. The second kappa shape index (κ2) is 10.7. The number of allylic oxidation sites excluding steroid dienone is 4. The van der Waals surface area contributed by atoms with Gasteiger partial charge in [0.15, 0.2) is 0 Å². The Morgan fingerprint density at radius 3 is 2.50 bits per heavy atom. The van der Waals surface area contributed by atoms with Gasteiger partial charge in [-0.25, -0.2) is 0 Å². The van der Waals surface area contributed by atoms with E-state index < -0.39 is 0 Å². The SMILES string of the molecule is CC/C(C/C=C/C(P)=PCC1CCN(C)CC1)=C(/C)C(C)C. The van der Waals surface area contributed by atoms with Gasteiger partial charge in [0.25, 0.3) is 0 Å². The quantitative estimate of drug-likeness (QED) is 0.430. The summed E-state index contributed by atoms with van der Waals surface area (Å²) in [5, 5.41) is 1.44. The summed E-state index contributed by atoms with van der Waals surface area (Å²) in [6.45, 7) is 11.7. The lowest BCUT2D eigenvalue weighted by atomic mass is 9.95. The maximum absolute atomic E-state index is 2.94. The molecule has 1 rings (SSSR count). The van der Waals surface area contributed by atoms with Crippen molar-refractivity contribution in [1.29, 1.82) is 0 Å². The Hall–Kier alpha value is 0.0400. The van der Waals surface area contributed by atoms with Gasteiger partial charge in [-0.1, -0.05) is 52.3 Å². The van der Waals surface area contributed by atoms with Crippen LogP contribution in [0.3, 0.4) is 0 Å². The molecule has 0 bridgehead atoms. The van der Waals surface area contributed by atoms with Crippen LogP contribution in [0.15, 0.2) is 23.3 Å². The summed E-state index contributed by atoms with van der Waals surface area (Å²) in [6, 6.07) is 0. The maximum Gasteiger partial charge on any atom is -0.00189 e. The summed E-state index contributed by atoms with van der Waals surface area (Å²) in [4.78, 5) is 2.45. The van der Waals surface area contributed by atoms with Crippen LogP contribution in [0, 0.1) is 11.8 Å². The number of likely N-dealkylation sites (tertiary alicyclic amines) is 1. The minimum atomic E-state index is 0.672. The first-order chi connectivity index (χ1) is 10.4. The van der Waals surface area contributed by atoms with Crippen LogP contribution in [0.25, 0.3) is 0 Å². The molecule has 1 atom stereocenters. The van der Waals surface area contributed by atoms with E-state index in [2.05, 4.69) is 61.0 Å². The molecule has 0 aromatic carbocycles. The maximum atomic E-state index is 2.94. The van der Waals surface area contributed by atoms with Crippen molar-refractivity contribution in [3.63, 3.8) is 0 Å². The summed E-state index contributed by atoms with van der Waals surface area (Å²) in [6.07, 6.45) is 11.1. The van der Waals surface area contributed by atoms with Crippen molar-refractivity contribution in [1.82, 2.24) is 4.90 Å². The minimum Gasteiger partial charge on any atom is -0.306 e. The Kier molecular flexibility index (Phi) is 9.81. The summed E-state index contributed by atoms with van der Waals surface area (Å²) in [5.41, 5.74) is 3.18. The van der Waals surface area contributed by atoms with E-state index in [0.29, 0.717) is 5.92 Å². The fraction of sp³-hybridized carbons (Fsp3) is 0.737. The van der Waals surface area contributed by atoms with Crippen molar-refractivity contribution in [3.8, 4) is 0 Å². The first-order valence-corrected chi connectivity index (χ1v) is 10.4. The lowest BCUT2D eigenvalue weighted by Crippen LogP contribution is -2.30. The van der Waals surface area contributed by atoms with Crippen LogP contribution in [0.5, 0.6) is 0 Å².